The third-order valence-electron chi connectivity index (χ3n) is 9.57. The maximum absolute atomic E-state index is 14.0. The number of pyridine rings is 1. The highest BCUT2D eigenvalue weighted by Crippen LogP contribution is 2.54. The Hall–Kier alpha value is -5.29. The molecule has 6 rings (SSSR count). The van der Waals surface area contributed by atoms with E-state index >= 15 is 0 Å². The minimum atomic E-state index is -1.95. The first kappa shape index (κ1) is 32.6. The largest absolute Gasteiger partial charge is 0.510 e. The van der Waals surface area contributed by atoms with Gasteiger partial charge in [-0.3, -0.25) is 28.9 Å². The maximum Gasteiger partial charge on any atom is 0.260 e. The zero-order valence-corrected chi connectivity index (χ0v) is 27.3. The van der Waals surface area contributed by atoms with Crippen molar-refractivity contribution in [2.75, 3.05) is 13.2 Å². The Balaban J connectivity index is 1.57. The number of nitrogens with one attached hydrogen (secondary N) is 1. The summed E-state index contributed by atoms with van der Waals surface area (Å²) in [4.78, 5) is 72.7. The lowest BCUT2D eigenvalue weighted by molar-refractivity contribution is 0.141. The molecular weight excluding hydrogens is 616 g/mol. The SMILES string of the molecule is CC=CC=Cc1cc2cc3c(c(O)c2c(=O)[nH]1)[C@@]1(CC3)C(O)=c2c(=O)c3c(=O)cc(OCCN(C(C)C)C(C)C)c(=O)c=3c(=O)c2=C1O. The van der Waals surface area contributed by atoms with E-state index in [9.17, 15) is 39.3 Å². The summed E-state index contributed by atoms with van der Waals surface area (Å²) in [6.45, 7) is 10.4. The topological polar surface area (TPSA) is 174 Å². The van der Waals surface area contributed by atoms with Gasteiger partial charge in [0.2, 0.25) is 16.3 Å². The number of rotatable bonds is 8. The molecule has 4 aliphatic carbocycles. The number of phenolic OH excluding ortho intramolecular Hbond substituents is 1. The fourth-order valence-electron chi connectivity index (χ4n) is 7.46. The third kappa shape index (κ3) is 4.63. The standard InChI is InChI=1S/C37H36N2O9/c1-6-7-8-9-21-15-20-14-19-10-11-37(29(19)33(44)24(20)36(47)38-21)34(45)27-28(35(37)46)32(43)26-25(31(27)42)22(40)16-23(30(26)41)48-13-12-39(17(2)3)18(4)5/h6-9,14-18,44-46H,10-13H2,1-5H3,(H,38,47)/t37-/m0/s1. The Bertz CT molecular complexity index is 2550. The molecule has 48 heavy (non-hydrogen) atoms. The highest BCUT2D eigenvalue weighted by Gasteiger charge is 2.53. The van der Waals surface area contributed by atoms with E-state index < -0.39 is 76.6 Å². The van der Waals surface area contributed by atoms with Gasteiger partial charge in [-0.15, -0.1) is 0 Å². The molecule has 1 atom stereocenters. The van der Waals surface area contributed by atoms with Crippen LogP contribution in [0.4, 0.5) is 0 Å². The van der Waals surface area contributed by atoms with Crippen LogP contribution in [0, 0.1) is 10.4 Å². The smallest absolute Gasteiger partial charge is 0.260 e. The minimum absolute atomic E-state index is 0.0275. The minimum Gasteiger partial charge on any atom is -0.510 e. The van der Waals surface area contributed by atoms with Gasteiger partial charge in [-0.25, -0.2) is 0 Å². The molecule has 1 heterocycles. The highest BCUT2D eigenvalue weighted by atomic mass is 16.5. The second-order valence-corrected chi connectivity index (χ2v) is 12.9. The second kappa shape index (κ2) is 11.7. The number of aromatic hydroxyl groups is 1. The van der Waals surface area contributed by atoms with E-state index in [4.69, 9.17) is 4.74 Å². The predicted octanol–water partition coefficient (Wildman–Crippen LogP) is 1.59. The van der Waals surface area contributed by atoms with Gasteiger partial charge in [-0.1, -0.05) is 24.3 Å². The van der Waals surface area contributed by atoms with Crippen molar-refractivity contribution in [2.24, 2.45) is 0 Å². The normalized spacial score (nSPS) is 17.5. The number of hydrogen-bond acceptors (Lipinski definition) is 10. The zero-order valence-electron chi connectivity index (χ0n) is 27.3. The monoisotopic (exact) mass is 652 g/mol. The molecule has 0 bridgehead atoms. The van der Waals surface area contributed by atoms with Crippen LogP contribution >= 0.6 is 0 Å². The molecule has 248 valence electrons. The molecule has 1 aromatic carbocycles. The van der Waals surface area contributed by atoms with E-state index in [0.29, 0.717) is 23.2 Å². The summed E-state index contributed by atoms with van der Waals surface area (Å²) >= 11 is 0. The van der Waals surface area contributed by atoms with Crippen LogP contribution in [0.3, 0.4) is 0 Å². The van der Waals surface area contributed by atoms with E-state index in [2.05, 4.69) is 9.88 Å². The molecule has 0 fully saturated rings. The van der Waals surface area contributed by atoms with Gasteiger partial charge in [0, 0.05) is 36.0 Å². The van der Waals surface area contributed by atoms with Gasteiger partial charge in [0.15, 0.2) is 11.2 Å². The van der Waals surface area contributed by atoms with Crippen LogP contribution < -0.4 is 42.4 Å². The first-order chi connectivity index (χ1) is 22.8. The molecule has 0 amide bonds. The van der Waals surface area contributed by atoms with Crippen LogP contribution in [-0.2, 0) is 11.8 Å². The fourth-order valence-corrected chi connectivity index (χ4v) is 7.46. The maximum atomic E-state index is 14.0. The summed E-state index contributed by atoms with van der Waals surface area (Å²) in [5.74, 6) is -2.39. The Morgan fingerprint density at radius 3 is 2.15 bits per heavy atom. The van der Waals surface area contributed by atoms with Crippen molar-refractivity contribution in [3.63, 3.8) is 0 Å². The van der Waals surface area contributed by atoms with Crippen molar-refractivity contribution in [2.45, 2.75) is 65.0 Å². The van der Waals surface area contributed by atoms with Crippen LogP contribution in [0.5, 0.6) is 11.5 Å². The number of benzene rings is 1. The first-order valence-electron chi connectivity index (χ1n) is 15.9. The van der Waals surface area contributed by atoms with Gasteiger partial charge < -0.3 is 25.0 Å². The number of fused-ring (bicyclic) bond motifs is 4. The average molecular weight is 653 g/mol. The lowest BCUT2D eigenvalue weighted by Crippen LogP contribution is -2.52. The number of aliphatic hydroxyl groups excluding tert-OH is 2. The summed E-state index contributed by atoms with van der Waals surface area (Å²) in [6, 6.07) is 4.56. The van der Waals surface area contributed by atoms with Crippen LogP contribution in [0.15, 0.2) is 60.4 Å². The molecule has 0 unspecified atom stereocenters. The zero-order chi connectivity index (χ0) is 34.8. The van der Waals surface area contributed by atoms with Gasteiger partial charge in [-0.05, 0) is 70.6 Å². The summed E-state index contributed by atoms with van der Waals surface area (Å²) in [7, 11) is 0. The third-order valence-corrected chi connectivity index (χ3v) is 9.57. The lowest BCUT2D eigenvalue weighted by atomic mass is 9.78. The Labute approximate surface area is 273 Å². The summed E-state index contributed by atoms with van der Waals surface area (Å²) in [5.41, 5.74) is -5.77. The number of allylic oxidation sites excluding steroid dienone is 3. The number of aromatic nitrogens is 1. The van der Waals surface area contributed by atoms with Gasteiger partial charge >= 0.3 is 0 Å². The van der Waals surface area contributed by atoms with E-state index in [1.807, 2.05) is 40.7 Å². The highest BCUT2D eigenvalue weighted by molar-refractivity contribution is 5.94. The Kier molecular flexibility index (Phi) is 7.99. The summed E-state index contributed by atoms with van der Waals surface area (Å²) in [6.07, 6.45) is 7.16. The van der Waals surface area contributed by atoms with Crippen molar-refractivity contribution in [1.29, 1.82) is 0 Å². The lowest BCUT2D eigenvalue weighted by Gasteiger charge is -2.30. The molecule has 0 saturated heterocycles. The van der Waals surface area contributed by atoms with Crippen LogP contribution in [0.25, 0.3) is 28.4 Å². The molecule has 11 nitrogen and oxygen atoms in total. The molecule has 4 N–H and O–H groups in total. The molecule has 1 spiro atoms. The van der Waals surface area contributed by atoms with Crippen molar-refractivity contribution in [1.82, 2.24) is 9.88 Å². The first-order valence-corrected chi connectivity index (χ1v) is 15.9. The van der Waals surface area contributed by atoms with Crippen molar-refractivity contribution < 1.29 is 20.1 Å². The van der Waals surface area contributed by atoms with Crippen molar-refractivity contribution in [3.8, 4) is 11.5 Å². The summed E-state index contributed by atoms with van der Waals surface area (Å²) < 4.78 is 5.67. The molecule has 2 aromatic rings. The van der Waals surface area contributed by atoms with Gasteiger partial charge in [0.25, 0.3) is 5.56 Å². The van der Waals surface area contributed by atoms with Crippen LogP contribution in [-0.4, -0.2) is 50.4 Å². The van der Waals surface area contributed by atoms with E-state index in [-0.39, 0.29) is 42.5 Å². The molecular formula is C37H36N2O9. The second-order valence-electron chi connectivity index (χ2n) is 12.9. The van der Waals surface area contributed by atoms with Gasteiger partial charge in [0.1, 0.15) is 29.3 Å². The number of aromatic amines is 1. The number of H-pyrrole nitrogens is 1. The number of phenols is 1. The number of hydrogen-bond donors (Lipinski definition) is 4. The average Bonchev–Trinajstić information content (AvgIpc) is 3.51. The van der Waals surface area contributed by atoms with E-state index in [0.717, 1.165) is 6.07 Å². The van der Waals surface area contributed by atoms with Crippen LogP contribution in [0.1, 0.15) is 57.9 Å². The number of aryl methyl sites for hydroxylation is 1. The quantitative estimate of drug-likeness (QED) is 0.205. The molecule has 4 aliphatic rings. The predicted molar refractivity (Wildman–Crippen MR) is 183 cm³/mol. The fraction of sp³-hybridized carbons (Fsp3) is 0.324. The number of aliphatic hydroxyl groups is 2. The Morgan fingerprint density at radius 2 is 1.52 bits per heavy atom. The Morgan fingerprint density at radius 1 is 0.875 bits per heavy atom. The van der Waals surface area contributed by atoms with Crippen molar-refractivity contribution in [3.05, 3.63) is 125 Å². The number of ether oxygens (including phenoxy) is 1. The molecule has 0 aliphatic heterocycles. The molecule has 0 saturated carbocycles. The number of nitrogens with zero attached hydrogens (tertiary/aromatic N) is 1. The molecule has 0 radical (unpaired) electrons. The van der Waals surface area contributed by atoms with Crippen LogP contribution in [0.2, 0.25) is 0 Å². The van der Waals surface area contributed by atoms with Gasteiger partial charge in [-0.2, -0.15) is 0 Å². The summed E-state index contributed by atoms with van der Waals surface area (Å²) in [5, 5.41) is 32.6. The molecule has 11 heteroatoms. The van der Waals surface area contributed by atoms with Gasteiger partial charge in [0.05, 0.1) is 26.3 Å². The van der Waals surface area contributed by atoms with E-state index in [1.165, 1.54) is 0 Å². The van der Waals surface area contributed by atoms with E-state index in [1.54, 1.807) is 30.4 Å². The molecule has 1 aromatic heterocycles. The van der Waals surface area contributed by atoms with Crippen molar-refractivity contribution >= 4 is 28.4 Å².